The molecule has 7 nitrogen and oxygen atoms in total. The van der Waals surface area contributed by atoms with Crippen molar-refractivity contribution in [2.24, 2.45) is 10.9 Å². The molecular weight excluding hydrogens is 510 g/mol. The van der Waals surface area contributed by atoms with Gasteiger partial charge in [0.2, 0.25) is 5.88 Å². The lowest BCUT2D eigenvalue weighted by molar-refractivity contribution is 0.288. The maximum absolute atomic E-state index is 14.0. The van der Waals surface area contributed by atoms with E-state index in [4.69, 9.17) is 9.73 Å². The van der Waals surface area contributed by atoms with Gasteiger partial charge in [0.25, 0.3) is 0 Å². The molecule has 1 aliphatic heterocycles. The number of nitrogens with one attached hydrogen (secondary N) is 2. The Labute approximate surface area is 199 Å². The van der Waals surface area contributed by atoms with Crippen LogP contribution >= 0.6 is 24.0 Å². The van der Waals surface area contributed by atoms with Gasteiger partial charge in [-0.25, -0.2) is 19.4 Å². The summed E-state index contributed by atoms with van der Waals surface area (Å²) in [6.07, 6.45) is 6.81. The van der Waals surface area contributed by atoms with Crippen molar-refractivity contribution in [3.63, 3.8) is 0 Å². The molecule has 2 fully saturated rings. The molecule has 1 unspecified atom stereocenters. The largest absolute Gasteiger partial charge is 0.477 e. The average molecular weight is 540 g/mol. The minimum atomic E-state index is -0.281. The van der Waals surface area contributed by atoms with Crippen LogP contribution in [-0.4, -0.2) is 48.2 Å². The van der Waals surface area contributed by atoms with Crippen molar-refractivity contribution in [1.29, 1.82) is 0 Å². The lowest BCUT2D eigenvalue weighted by Crippen LogP contribution is -2.44. The third-order valence-corrected chi connectivity index (χ3v) is 5.29. The van der Waals surface area contributed by atoms with Gasteiger partial charge in [-0.05, 0) is 55.9 Å². The summed E-state index contributed by atoms with van der Waals surface area (Å²) in [6, 6.07) is 7.15. The first kappa shape index (κ1) is 23.5. The molecule has 0 aromatic carbocycles. The standard InChI is InChI=1S/C22H29FN6O.HI/c1-2-24-22(27-13-17-7-10-25-20(12-17)30-15-16-5-6-16)28-18-8-11-29(14-18)21-19(23)4-3-9-26-21;/h3-4,7,9-10,12,16,18H,2,5-6,8,11,13-15H2,1H3,(H2,24,27,28);1H. The van der Waals surface area contributed by atoms with Crippen LogP contribution in [0.3, 0.4) is 0 Å². The van der Waals surface area contributed by atoms with Gasteiger partial charge in [0.05, 0.1) is 13.2 Å². The summed E-state index contributed by atoms with van der Waals surface area (Å²) in [6.45, 7) is 5.53. The fourth-order valence-corrected chi connectivity index (χ4v) is 3.48. The van der Waals surface area contributed by atoms with E-state index in [1.165, 1.54) is 18.9 Å². The van der Waals surface area contributed by atoms with Crippen molar-refractivity contribution in [3.8, 4) is 5.88 Å². The number of hydrogen-bond acceptors (Lipinski definition) is 5. The van der Waals surface area contributed by atoms with Gasteiger partial charge >= 0.3 is 0 Å². The third kappa shape index (κ3) is 6.91. The van der Waals surface area contributed by atoms with E-state index < -0.39 is 0 Å². The summed E-state index contributed by atoms with van der Waals surface area (Å²) in [5.74, 6) is 2.25. The maximum Gasteiger partial charge on any atom is 0.213 e. The molecule has 3 heterocycles. The Hall–Kier alpha value is -2.17. The fourth-order valence-electron chi connectivity index (χ4n) is 3.48. The molecule has 1 aliphatic carbocycles. The van der Waals surface area contributed by atoms with Crippen LogP contribution in [-0.2, 0) is 6.54 Å². The van der Waals surface area contributed by atoms with Gasteiger partial charge in [-0.2, -0.15) is 0 Å². The molecule has 1 atom stereocenters. The average Bonchev–Trinajstić information content (AvgIpc) is 3.48. The summed E-state index contributed by atoms with van der Waals surface area (Å²) in [7, 11) is 0. The maximum atomic E-state index is 14.0. The van der Waals surface area contributed by atoms with Crippen LogP contribution in [0.4, 0.5) is 10.2 Å². The number of guanidine groups is 1. The minimum Gasteiger partial charge on any atom is -0.477 e. The highest BCUT2D eigenvalue weighted by molar-refractivity contribution is 14.0. The molecule has 1 saturated carbocycles. The third-order valence-electron chi connectivity index (χ3n) is 5.29. The van der Waals surface area contributed by atoms with Crippen molar-refractivity contribution in [2.45, 2.75) is 38.8 Å². The monoisotopic (exact) mass is 540 g/mol. The fraction of sp³-hybridized carbons (Fsp3) is 0.500. The van der Waals surface area contributed by atoms with E-state index in [-0.39, 0.29) is 35.8 Å². The van der Waals surface area contributed by atoms with Gasteiger partial charge in [0, 0.05) is 44.1 Å². The molecule has 2 aromatic heterocycles. The van der Waals surface area contributed by atoms with E-state index in [9.17, 15) is 4.39 Å². The molecule has 4 rings (SSSR count). The second-order valence-corrected chi connectivity index (χ2v) is 7.84. The van der Waals surface area contributed by atoms with Crippen LogP contribution in [0.2, 0.25) is 0 Å². The highest BCUT2D eigenvalue weighted by Gasteiger charge is 2.26. The number of halogens is 2. The Morgan fingerprint density at radius 2 is 2.13 bits per heavy atom. The van der Waals surface area contributed by atoms with E-state index in [0.29, 0.717) is 30.7 Å². The molecule has 0 radical (unpaired) electrons. The Morgan fingerprint density at radius 3 is 2.90 bits per heavy atom. The lowest BCUT2D eigenvalue weighted by Gasteiger charge is -2.20. The zero-order valence-electron chi connectivity index (χ0n) is 17.8. The highest BCUT2D eigenvalue weighted by atomic mass is 127. The van der Waals surface area contributed by atoms with Crippen molar-refractivity contribution in [2.75, 3.05) is 31.1 Å². The SMILES string of the molecule is CCNC(=NCc1ccnc(OCC2CC2)c1)NC1CCN(c2ncccc2F)C1.I. The molecular formula is C22H30FIN6O. The van der Waals surface area contributed by atoms with Crippen molar-refractivity contribution < 1.29 is 9.13 Å². The van der Waals surface area contributed by atoms with Crippen molar-refractivity contribution >= 4 is 35.8 Å². The van der Waals surface area contributed by atoms with Gasteiger partial charge in [-0.1, -0.05) is 0 Å². The minimum absolute atomic E-state index is 0. The predicted octanol–water partition coefficient (Wildman–Crippen LogP) is 3.36. The first-order chi connectivity index (χ1) is 14.7. The van der Waals surface area contributed by atoms with E-state index in [1.54, 1.807) is 18.5 Å². The molecule has 1 saturated heterocycles. The normalized spacial score (nSPS) is 18.5. The lowest BCUT2D eigenvalue weighted by atomic mass is 10.2. The Balaban J connectivity index is 0.00000272. The highest BCUT2D eigenvalue weighted by Crippen LogP contribution is 2.29. The molecule has 0 bridgehead atoms. The zero-order valence-corrected chi connectivity index (χ0v) is 20.1. The molecule has 0 amide bonds. The number of aliphatic imine (C=N–C) groups is 1. The van der Waals surface area contributed by atoms with Crippen LogP contribution < -0.4 is 20.3 Å². The van der Waals surface area contributed by atoms with E-state index >= 15 is 0 Å². The summed E-state index contributed by atoms with van der Waals surface area (Å²) in [4.78, 5) is 15.2. The van der Waals surface area contributed by atoms with Crippen LogP contribution in [0.25, 0.3) is 0 Å². The van der Waals surface area contributed by atoms with E-state index in [1.807, 2.05) is 24.0 Å². The molecule has 168 valence electrons. The Morgan fingerprint density at radius 1 is 1.26 bits per heavy atom. The van der Waals surface area contributed by atoms with Gasteiger partial charge in [-0.15, -0.1) is 24.0 Å². The number of pyridine rings is 2. The van der Waals surface area contributed by atoms with Crippen LogP contribution in [0, 0.1) is 11.7 Å². The number of nitrogens with zero attached hydrogens (tertiary/aromatic N) is 4. The quantitative estimate of drug-likeness (QED) is 0.304. The zero-order chi connectivity index (χ0) is 20.8. The summed E-state index contributed by atoms with van der Waals surface area (Å²) in [5, 5.41) is 6.76. The molecule has 31 heavy (non-hydrogen) atoms. The second kappa shape index (κ2) is 11.4. The Kier molecular flexibility index (Phi) is 8.68. The Bertz CT molecular complexity index is 879. The summed E-state index contributed by atoms with van der Waals surface area (Å²) in [5.41, 5.74) is 1.05. The number of hydrogen-bond donors (Lipinski definition) is 2. The predicted molar refractivity (Wildman–Crippen MR) is 131 cm³/mol. The van der Waals surface area contributed by atoms with Gasteiger partial charge in [0.1, 0.15) is 0 Å². The van der Waals surface area contributed by atoms with E-state index in [2.05, 4.69) is 20.6 Å². The molecule has 2 aliphatic rings. The first-order valence-electron chi connectivity index (χ1n) is 10.7. The van der Waals surface area contributed by atoms with Crippen LogP contribution in [0.1, 0.15) is 31.7 Å². The van der Waals surface area contributed by atoms with Crippen molar-refractivity contribution in [3.05, 3.63) is 48.0 Å². The number of ether oxygens (including phenoxy) is 1. The van der Waals surface area contributed by atoms with Gasteiger partial charge < -0.3 is 20.3 Å². The molecule has 0 spiro atoms. The topological polar surface area (TPSA) is 74.7 Å². The molecule has 9 heteroatoms. The number of anilines is 1. The number of aromatic nitrogens is 2. The second-order valence-electron chi connectivity index (χ2n) is 7.84. The van der Waals surface area contributed by atoms with Crippen LogP contribution in [0.5, 0.6) is 5.88 Å². The van der Waals surface area contributed by atoms with E-state index in [0.717, 1.165) is 37.6 Å². The summed E-state index contributed by atoms with van der Waals surface area (Å²) >= 11 is 0. The smallest absolute Gasteiger partial charge is 0.213 e. The van der Waals surface area contributed by atoms with Crippen molar-refractivity contribution in [1.82, 2.24) is 20.6 Å². The van der Waals surface area contributed by atoms with Crippen LogP contribution in [0.15, 0.2) is 41.7 Å². The number of rotatable bonds is 8. The molecule has 2 N–H and O–H groups in total. The molecule has 2 aromatic rings. The first-order valence-corrected chi connectivity index (χ1v) is 10.7. The van der Waals surface area contributed by atoms with Gasteiger partial charge in [-0.3, -0.25) is 0 Å². The van der Waals surface area contributed by atoms with Gasteiger partial charge in [0.15, 0.2) is 17.6 Å². The summed E-state index contributed by atoms with van der Waals surface area (Å²) < 4.78 is 19.8.